The molecule has 3 aromatic carbocycles. The van der Waals surface area contributed by atoms with Crippen molar-refractivity contribution in [2.45, 2.75) is 40.0 Å². The smallest absolute Gasteiger partial charge is 0.282 e. The fourth-order valence-electron chi connectivity index (χ4n) is 4.06. The lowest BCUT2D eigenvalue weighted by Crippen LogP contribution is -2.32. The minimum absolute atomic E-state index is 0.272. The number of methoxy groups -OCH3 is 1. The van der Waals surface area contributed by atoms with E-state index >= 15 is 0 Å². The van der Waals surface area contributed by atoms with Crippen LogP contribution in [0.3, 0.4) is 0 Å². The van der Waals surface area contributed by atoms with Gasteiger partial charge in [-0.1, -0.05) is 43.7 Å². The van der Waals surface area contributed by atoms with Gasteiger partial charge in [0.2, 0.25) is 0 Å². The molecule has 34 heavy (non-hydrogen) atoms. The van der Waals surface area contributed by atoms with Crippen molar-refractivity contribution in [3.8, 4) is 5.75 Å². The Morgan fingerprint density at radius 1 is 0.853 bits per heavy atom. The standard InChI is InChI=1S/C29H30N2O3/c1-5-6-7-21-9-14-24(15-10-21)31-28(32)26(22-11-16-25(34-4)17-12-22)27(29(31)33)30-23-13-8-19(2)20(3)18-23/h8-18,30H,5-7H2,1-4H3. The first kappa shape index (κ1) is 23.3. The van der Waals surface area contributed by atoms with Crippen LogP contribution in [0.15, 0.2) is 72.4 Å². The van der Waals surface area contributed by atoms with E-state index in [4.69, 9.17) is 4.74 Å². The molecular weight excluding hydrogens is 424 g/mol. The number of amides is 2. The summed E-state index contributed by atoms with van der Waals surface area (Å²) in [5, 5.41) is 3.24. The molecule has 5 nitrogen and oxygen atoms in total. The van der Waals surface area contributed by atoms with E-state index in [1.54, 1.807) is 31.4 Å². The molecule has 1 aliphatic rings. The lowest BCUT2D eigenvalue weighted by atomic mass is 10.0. The molecular formula is C29H30N2O3. The number of rotatable bonds is 8. The third-order valence-electron chi connectivity index (χ3n) is 6.25. The maximum Gasteiger partial charge on any atom is 0.282 e. The monoisotopic (exact) mass is 454 g/mol. The van der Waals surface area contributed by atoms with E-state index in [1.165, 1.54) is 10.5 Å². The first-order valence-corrected chi connectivity index (χ1v) is 11.6. The number of carbonyl (C=O) groups is 2. The van der Waals surface area contributed by atoms with E-state index in [0.717, 1.165) is 36.1 Å². The molecule has 0 radical (unpaired) electrons. The van der Waals surface area contributed by atoms with Crippen LogP contribution in [0.1, 0.15) is 42.0 Å². The van der Waals surface area contributed by atoms with Crippen molar-refractivity contribution in [2.24, 2.45) is 0 Å². The molecule has 0 saturated heterocycles. The van der Waals surface area contributed by atoms with E-state index < -0.39 is 0 Å². The van der Waals surface area contributed by atoms with Crippen LogP contribution in [0.25, 0.3) is 5.57 Å². The molecule has 0 spiro atoms. The predicted octanol–water partition coefficient (Wildman–Crippen LogP) is 6.05. The van der Waals surface area contributed by atoms with Gasteiger partial charge in [0.25, 0.3) is 11.8 Å². The van der Waals surface area contributed by atoms with Gasteiger partial charge in [-0.25, -0.2) is 4.90 Å². The molecule has 2 amide bonds. The van der Waals surface area contributed by atoms with Crippen molar-refractivity contribution in [2.75, 3.05) is 17.3 Å². The van der Waals surface area contributed by atoms with Crippen LogP contribution in [0.4, 0.5) is 11.4 Å². The van der Waals surface area contributed by atoms with Crippen molar-refractivity contribution in [3.63, 3.8) is 0 Å². The first-order valence-electron chi connectivity index (χ1n) is 11.6. The van der Waals surface area contributed by atoms with Gasteiger partial charge >= 0.3 is 0 Å². The molecule has 0 atom stereocenters. The molecule has 1 N–H and O–H groups in total. The van der Waals surface area contributed by atoms with Crippen LogP contribution in [0.2, 0.25) is 0 Å². The molecule has 0 aliphatic carbocycles. The summed E-state index contributed by atoms with van der Waals surface area (Å²) >= 11 is 0. The number of nitrogens with zero attached hydrogens (tertiary/aromatic N) is 1. The second kappa shape index (κ2) is 9.96. The molecule has 0 fully saturated rings. The molecule has 0 aromatic heterocycles. The summed E-state index contributed by atoms with van der Waals surface area (Å²) in [5.74, 6) is -0.0255. The number of ether oxygens (including phenoxy) is 1. The number of benzene rings is 3. The van der Waals surface area contributed by atoms with Crippen molar-refractivity contribution < 1.29 is 14.3 Å². The zero-order valence-electron chi connectivity index (χ0n) is 20.1. The summed E-state index contributed by atoms with van der Waals surface area (Å²) in [5.41, 5.74) is 6.07. The summed E-state index contributed by atoms with van der Waals surface area (Å²) in [6, 6.07) is 20.8. The van der Waals surface area contributed by atoms with Gasteiger partial charge in [-0.2, -0.15) is 0 Å². The fraction of sp³-hybridized carbons (Fsp3) is 0.241. The highest BCUT2D eigenvalue weighted by atomic mass is 16.5. The molecule has 0 bridgehead atoms. The second-order valence-electron chi connectivity index (χ2n) is 8.62. The van der Waals surface area contributed by atoms with Gasteiger partial charge in [0, 0.05) is 5.69 Å². The maximum atomic E-state index is 13.6. The highest BCUT2D eigenvalue weighted by molar-refractivity contribution is 6.46. The largest absolute Gasteiger partial charge is 0.497 e. The molecule has 4 rings (SSSR count). The molecule has 0 saturated carbocycles. The van der Waals surface area contributed by atoms with Crippen molar-refractivity contribution in [1.82, 2.24) is 0 Å². The molecule has 5 heteroatoms. The zero-order chi connectivity index (χ0) is 24.2. The Bertz CT molecular complexity index is 1240. The molecule has 1 heterocycles. The summed E-state index contributed by atoms with van der Waals surface area (Å²) in [7, 11) is 1.59. The summed E-state index contributed by atoms with van der Waals surface area (Å²) in [6.07, 6.45) is 3.20. The van der Waals surface area contributed by atoms with Crippen LogP contribution in [0.5, 0.6) is 5.75 Å². The van der Waals surface area contributed by atoms with E-state index in [-0.39, 0.29) is 17.5 Å². The topological polar surface area (TPSA) is 58.6 Å². The highest BCUT2D eigenvalue weighted by Gasteiger charge is 2.40. The molecule has 0 unspecified atom stereocenters. The molecule has 174 valence electrons. The van der Waals surface area contributed by atoms with Gasteiger partial charge in [0.05, 0.1) is 18.4 Å². The van der Waals surface area contributed by atoms with Crippen LogP contribution < -0.4 is 15.0 Å². The predicted molar refractivity (Wildman–Crippen MR) is 137 cm³/mol. The quantitative estimate of drug-likeness (QED) is 0.421. The Morgan fingerprint density at radius 2 is 1.56 bits per heavy atom. The summed E-state index contributed by atoms with van der Waals surface area (Å²) < 4.78 is 5.26. The third-order valence-corrected chi connectivity index (χ3v) is 6.25. The van der Waals surface area contributed by atoms with E-state index in [2.05, 4.69) is 12.2 Å². The average Bonchev–Trinajstić information content (AvgIpc) is 3.09. The highest BCUT2D eigenvalue weighted by Crippen LogP contribution is 2.34. The van der Waals surface area contributed by atoms with Crippen molar-refractivity contribution in [1.29, 1.82) is 0 Å². The maximum absolute atomic E-state index is 13.6. The van der Waals surface area contributed by atoms with Gasteiger partial charge in [-0.3, -0.25) is 9.59 Å². The van der Waals surface area contributed by atoms with Gasteiger partial charge in [0.1, 0.15) is 11.4 Å². The zero-order valence-corrected chi connectivity index (χ0v) is 20.1. The number of aryl methyl sites for hydroxylation is 3. The number of unbranched alkanes of at least 4 members (excludes halogenated alkanes) is 1. The Hall–Kier alpha value is -3.86. The lowest BCUT2D eigenvalue weighted by molar-refractivity contribution is -0.120. The Labute approximate surface area is 201 Å². The Balaban J connectivity index is 1.73. The number of imide groups is 1. The molecule has 3 aromatic rings. The van der Waals surface area contributed by atoms with E-state index in [1.807, 2.05) is 56.3 Å². The van der Waals surface area contributed by atoms with E-state index in [9.17, 15) is 9.59 Å². The minimum Gasteiger partial charge on any atom is -0.497 e. The van der Waals surface area contributed by atoms with Crippen LogP contribution >= 0.6 is 0 Å². The normalized spacial score (nSPS) is 13.6. The van der Waals surface area contributed by atoms with Crippen molar-refractivity contribution in [3.05, 3.63) is 94.7 Å². The number of hydrogen-bond acceptors (Lipinski definition) is 4. The molecule has 1 aliphatic heterocycles. The van der Waals surface area contributed by atoms with Crippen LogP contribution in [-0.2, 0) is 16.0 Å². The van der Waals surface area contributed by atoms with Crippen LogP contribution in [-0.4, -0.2) is 18.9 Å². The number of hydrogen-bond donors (Lipinski definition) is 1. The Morgan fingerprint density at radius 3 is 2.18 bits per heavy atom. The van der Waals surface area contributed by atoms with Crippen molar-refractivity contribution >= 4 is 28.8 Å². The SMILES string of the molecule is CCCCc1ccc(N2C(=O)C(Nc3ccc(C)c(C)c3)=C(c3ccc(OC)cc3)C2=O)cc1. The van der Waals surface area contributed by atoms with Gasteiger partial charge in [0.15, 0.2) is 0 Å². The van der Waals surface area contributed by atoms with Crippen LogP contribution in [0, 0.1) is 13.8 Å². The first-order chi connectivity index (χ1) is 16.4. The number of nitrogens with one attached hydrogen (secondary N) is 1. The van der Waals surface area contributed by atoms with Gasteiger partial charge in [-0.05, 0) is 85.3 Å². The fourth-order valence-corrected chi connectivity index (χ4v) is 4.06. The minimum atomic E-state index is -0.365. The summed E-state index contributed by atoms with van der Waals surface area (Å²) in [4.78, 5) is 28.5. The lowest BCUT2D eigenvalue weighted by Gasteiger charge is -2.16. The Kier molecular flexibility index (Phi) is 6.82. The second-order valence-corrected chi connectivity index (χ2v) is 8.62. The number of carbonyl (C=O) groups excluding carboxylic acids is 2. The summed E-state index contributed by atoms with van der Waals surface area (Å²) in [6.45, 7) is 6.22. The third kappa shape index (κ3) is 4.60. The number of anilines is 2. The van der Waals surface area contributed by atoms with Gasteiger partial charge in [-0.15, -0.1) is 0 Å². The van der Waals surface area contributed by atoms with E-state index in [0.29, 0.717) is 22.6 Å². The average molecular weight is 455 g/mol. The van der Waals surface area contributed by atoms with Gasteiger partial charge < -0.3 is 10.1 Å².